The van der Waals surface area contributed by atoms with Crippen molar-refractivity contribution in [2.24, 2.45) is 0 Å². The van der Waals surface area contributed by atoms with E-state index in [4.69, 9.17) is 0 Å². The summed E-state index contributed by atoms with van der Waals surface area (Å²) < 4.78 is 0. The number of carbonyl (C=O) groups is 1. The molecule has 16 heavy (non-hydrogen) atoms. The minimum Gasteiger partial charge on any atom is -0.294 e. The Hall–Kier alpha value is -2.03. The first-order valence-electron chi connectivity index (χ1n) is 5.07. The second-order valence-corrected chi connectivity index (χ2v) is 3.62. The van der Waals surface area contributed by atoms with Gasteiger partial charge in [-0.3, -0.25) is 14.8 Å². The lowest BCUT2D eigenvalue weighted by Crippen LogP contribution is -1.99. The molecular weight excluding hydrogens is 200 g/mol. The third-order valence-electron chi connectivity index (χ3n) is 2.44. The van der Waals surface area contributed by atoms with Crippen LogP contribution in [0.15, 0.2) is 36.7 Å². The molecule has 0 aliphatic heterocycles. The van der Waals surface area contributed by atoms with E-state index in [9.17, 15) is 4.79 Å². The van der Waals surface area contributed by atoms with Crippen LogP contribution >= 0.6 is 0 Å². The predicted octanol–water partition coefficient (Wildman–Crippen LogP) is 2.65. The summed E-state index contributed by atoms with van der Waals surface area (Å²) in [6.07, 6.45) is 3.45. The van der Waals surface area contributed by atoms with Crippen LogP contribution in [0.3, 0.4) is 0 Å². The number of aromatic nitrogens is 2. The molecule has 0 amide bonds. The molecule has 2 aromatic rings. The van der Waals surface area contributed by atoms with Crippen LogP contribution in [0.1, 0.15) is 23.0 Å². The highest BCUT2D eigenvalue weighted by Gasteiger charge is 2.06. The predicted molar refractivity (Wildman–Crippen MR) is 62.2 cm³/mol. The van der Waals surface area contributed by atoms with Crippen LogP contribution in [0, 0.1) is 6.92 Å². The standard InChI is InChI=1S/C13H12N2O/c1-9-12(10(2)16)3-4-13(15-9)11-5-7-14-8-6-11/h3-8H,1-2H3. The molecule has 0 spiro atoms. The summed E-state index contributed by atoms with van der Waals surface area (Å²) in [5.41, 5.74) is 3.32. The quantitative estimate of drug-likeness (QED) is 0.719. The Morgan fingerprint density at radius 1 is 1.12 bits per heavy atom. The van der Waals surface area contributed by atoms with Gasteiger partial charge in [-0.05, 0) is 38.1 Å². The third kappa shape index (κ3) is 1.98. The average molecular weight is 212 g/mol. The highest BCUT2D eigenvalue weighted by molar-refractivity contribution is 5.95. The second-order valence-electron chi connectivity index (χ2n) is 3.62. The van der Waals surface area contributed by atoms with E-state index in [-0.39, 0.29) is 5.78 Å². The van der Waals surface area contributed by atoms with Crippen molar-refractivity contribution < 1.29 is 4.79 Å². The normalized spacial score (nSPS) is 10.1. The van der Waals surface area contributed by atoms with Gasteiger partial charge >= 0.3 is 0 Å². The van der Waals surface area contributed by atoms with Crippen molar-refractivity contribution in [3.8, 4) is 11.3 Å². The van der Waals surface area contributed by atoms with Crippen LogP contribution in [0.2, 0.25) is 0 Å². The fraction of sp³-hybridized carbons (Fsp3) is 0.154. The van der Waals surface area contributed by atoms with Gasteiger partial charge in [0.15, 0.2) is 5.78 Å². The van der Waals surface area contributed by atoms with E-state index in [1.165, 1.54) is 0 Å². The molecular formula is C13H12N2O. The van der Waals surface area contributed by atoms with Crippen LogP contribution in [0.4, 0.5) is 0 Å². The Morgan fingerprint density at radius 3 is 2.38 bits per heavy atom. The maximum atomic E-state index is 11.3. The summed E-state index contributed by atoms with van der Waals surface area (Å²) in [5, 5.41) is 0. The zero-order chi connectivity index (χ0) is 11.5. The molecule has 2 rings (SSSR count). The fourth-order valence-electron chi connectivity index (χ4n) is 1.62. The number of nitrogens with zero attached hydrogens (tertiary/aromatic N) is 2. The van der Waals surface area contributed by atoms with E-state index in [2.05, 4.69) is 9.97 Å². The summed E-state index contributed by atoms with van der Waals surface area (Å²) in [7, 11) is 0. The van der Waals surface area contributed by atoms with Crippen molar-refractivity contribution in [1.29, 1.82) is 0 Å². The average Bonchev–Trinajstić information content (AvgIpc) is 2.29. The smallest absolute Gasteiger partial charge is 0.161 e. The maximum Gasteiger partial charge on any atom is 0.161 e. The van der Waals surface area contributed by atoms with Crippen LogP contribution in [-0.2, 0) is 0 Å². The third-order valence-corrected chi connectivity index (χ3v) is 2.44. The number of aryl methyl sites for hydroxylation is 1. The Morgan fingerprint density at radius 2 is 1.81 bits per heavy atom. The van der Waals surface area contributed by atoms with Crippen molar-refractivity contribution >= 4 is 5.78 Å². The SMILES string of the molecule is CC(=O)c1ccc(-c2ccncc2)nc1C. The molecule has 0 atom stereocenters. The lowest BCUT2D eigenvalue weighted by molar-refractivity contribution is 0.101. The Kier molecular flexibility index (Phi) is 2.77. The molecule has 0 saturated heterocycles. The zero-order valence-electron chi connectivity index (χ0n) is 9.27. The molecule has 0 N–H and O–H groups in total. The molecule has 3 nitrogen and oxygen atoms in total. The summed E-state index contributed by atoms with van der Waals surface area (Å²) in [4.78, 5) is 19.6. The summed E-state index contributed by atoms with van der Waals surface area (Å²) in [6.45, 7) is 3.40. The van der Waals surface area contributed by atoms with Gasteiger partial charge < -0.3 is 0 Å². The van der Waals surface area contributed by atoms with Crippen LogP contribution in [0.25, 0.3) is 11.3 Å². The van der Waals surface area contributed by atoms with Gasteiger partial charge in [0.1, 0.15) is 0 Å². The summed E-state index contributed by atoms with van der Waals surface area (Å²) in [6, 6.07) is 7.48. The largest absolute Gasteiger partial charge is 0.294 e. The number of hydrogen-bond acceptors (Lipinski definition) is 3. The minimum absolute atomic E-state index is 0.0475. The molecule has 3 heteroatoms. The molecule has 0 aromatic carbocycles. The van der Waals surface area contributed by atoms with E-state index in [1.54, 1.807) is 19.3 Å². The topological polar surface area (TPSA) is 42.9 Å². The van der Waals surface area contributed by atoms with E-state index < -0.39 is 0 Å². The van der Waals surface area contributed by atoms with Gasteiger partial charge in [0.2, 0.25) is 0 Å². The number of pyridine rings is 2. The molecule has 0 saturated carbocycles. The zero-order valence-corrected chi connectivity index (χ0v) is 9.27. The van der Waals surface area contributed by atoms with Crippen molar-refractivity contribution in [2.45, 2.75) is 13.8 Å². The van der Waals surface area contributed by atoms with Crippen LogP contribution in [0.5, 0.6) is 0 Å². The lowest BCUT2D eigenvalue weighted by atomic mass is 10.1. The highest BCUT2D eigenvalue weighted by atomic mass is 16.1. The van der Waals surface area contributed by atoms with Crippen molar-refractivity contribution in [3.63, 3.8) is 0 Å². The van der Waals surface area contributed by atoms with E-state index in [0.717, 1.165) is 17.0 Å². The molecule has 0 unspecified atom stereocenters. The van der Waals surface area contributed by atoms with Gasteiger partial charge in [0, 0.05) is 29.2 Å². The molecule has 0 aliphatic carbocycles. The molecule has 80 valence electrons. The molecule has 0 bridgehead atoms. The van der Waals surface area contributed by atoms with Crippen LogP contribution in [-0.4, -0.2) is 15.8 Å². The maximum absolute atomic E-state index is 11.3. The first-order valence-corrected chi connectivity index (χ1v) is 5.07. The molecule has 0 radical (unpaired) electrons. The number of Topliss-reactive ketones (excluding diaryl/α,β-unsaturated/α-hetero) is 1. The van der Waals surface area contributed by atoms with Crippen molar-refractivity contribution in [3.05, 3.63) is 47.9 Å². The Balaban J connectivity index is 2.46. The van der Waals surface area contributed by atoms with Gasteiger partial charge in [-0.2, -0.15) is 0 Å². The molecule has 0 fully saturated rings. The van der Waals surface area contributed by atoms with Crippen molar-refractivity contribution in [1.82, 2.24) is 9.97 Å². The van der Waals surface area contributed by atoms with Gasteiger partial charge in [0.25, 0.3) is 0 Å². The first kappa shape index (κ1) is 10.5. The molecule has 2 aromatic heterocycles. The summed E-state index contributed by atoms with van der Waals surface area (Å²) >= 11 is 0. The van der Waals surface area contributed by atoms with Crippen LogP contribution < -0.4 is 0 Å². The van der Waals surface area contributed by atoms with Gasteiger partial charge in [0.05, 0.1) is 5.69 Å². The lowest BCUT2D eigenvalue weighted by Gasteiger charge is -2.04. The monoisotopic (exact) mass is 212 g/mol. The first-order chi connectivity index (χ1) is 7.68. The van der Waals surface area contributed by atoms with E-state index in [1.807, 2.05) is 31.2 Å². The summed E-state index contributed by atoms with van der Waals surface area (Å²) in [5.74, 6) is 0.0475. The molecule has 2 heterocycles. The van der Waals surface area contributed by atoms with Crippen molar-refractivity contribution in [2.75, 3.05) is 0 Å². The van der Waals surface area contributed by atoms with Gasteiger partial charge in [-0.15, -0.1) is 0 Å². The Bertz CT molecular complexity index is 521. The van der Waals surface area contributed by atoms with Gasteiger partial charge in [-0.25, -0.2) is 0 Å². The number of rotatable bonds is 2. The number of carbonyl (C=O) groups excluding carboxylic acids is 1. The second kappa shape index (κ2) is 4.23. The molecule has 0 aliphatic rings. The highest BCUT2D eigenvalue weighted by Crippen LogP contribution is 2.18. The minimum atomic E-state index is 0.0475. The van der Waals surface area contributed by atoms with E-state index >= 15 is 0 Å². The Labute approximate surface area is 94.2 Å². The fourth-order valence-corrected chi connectivity index (χ4v) is 1.62. The number of ketones is 1. The number of hydrogen-bond donors (Lipinski definition) is 0. The van der Waals surface area contributed by atoms with Gasteiger partial charge in [-0.1, -0.05) is 0 Å². The van der Waals surface area contributed by atoms with E-state index in [0.29, 0.717) is 5.56 Å².